The Morgan fingerprint density at radius 3 is 2.47 bits per heavy atom. The molecule has 0 aromatic heterocycles. The molecule has 0 amide bonds. The molecule has 0 heterocycles. The van der Waals surface area contributed by atoms with Gasteiger partial charge in [-0.1, -0.05) is 19.1 Å². The summed E-state index contributed by atoms with van der Waals surface area (Å²) in [5.41, 5.74) is 1.17. The molecular weight excluding hydrogens is 242 g/mol. The smallest absolute Gasteiger partial charge is 0.307 e. The fraction of sp³-hybridized carbons (Fsp3) is 0.533. The van der Waals surface area contributed by atoms with Crippen LogP contribution in [-0.2, 0) is 16.1 Å². The van der Waals surface area contributed by atoms with Gasteiger partial charge in [-0.05, 0) is 31.0 Å². The highest BCUT2D eigenvalue weighted by Gasteiger charge is 2.12. The third-order valence-corrected chi connectivity index (χ3v) is 2.97. The zero-order valence-corrected chi connectivity index (χ0v) is 11.9. The highest BCUT2D eigenvalue weighted by atomic mass is 16.5. The first kappa shape index (κ1) is 15.5. The van der Waals surface area contributed by atoms with E-state index in [1.54, 1.807) is 7.11 Å². The van der Waals surface area contributed by atoms with Gasteiger partial charge >= 0.3 is 5.97 Å². The molecule has 19 heavy (non-hydrogen) atoms. The first-order valence-electron chi connectivity index (χ1n) is 6.71. The van der Waals surface area contributed by atoms with Gasteiger partial charge in [-0.2, -0.15) is 0 Å². The molecule has 1 unspecified atom stereocenters. The van der Waals surface area contributed by atoms with Gasteiger partial charge in [0.2, 0.25) is 0 Å². The average molecular weight is 265 g/mol. The van der Waals surface area contributed by atoms with Crippen molar-refractivity contribution in [1.29, 1.82) is 0 Å². The zero-order valence-electron chi connectivity index (χ0n) is 11.9. The lowest BCUT2D eigenvalue weighted by atomic mass is 10.1. The Bertz CT molecular complexity index is 375. The molecule has 4 heteroatoms. The number of carbonyl (C=O) groups is 1. The van der Waals surface area contributed by atoms with Crippen LogP contribution in [-0.4, -0.2) is 25.7 Å². The molecule has 0 spiro atoms. The van der Waals surface area contributed by atoms with Gasteiger partial charge in [-0.25, -0.2) is 0 Å². The SMILES string of the molecule is CCOC(=O)CC(CC)NCc1ccc(OC)cc1. The molecule has 4 nitrogen and oxygen atoms in total. The van der Waals surface area contributed by atoms with E-state index in [-0.39, 0.29) is 12.0 Å². The number of ether oxygens (including phenoxy) is 2. The van der Waals surface area contributed by atoms with Gasteiger partial charge in [0.25, 0.3) is 0 Å². The van der Waals surface area contributed by atoms with E-state index >= 15 is 0 Å². The lowest BCUT2D eigenvalue weighted by Crippen LogP contribution is -2.31. The van der Waals surface area contributed by atoms with Gasteiger partial charge in [0.05, 0.1) is 20.1 Å². The van der Waals surface area contributed by atoms with E-state index in [0.29, 0.717) is 13.0 Å². The van der Waals surface area contributed by atoms with E-state index in [1.807, 2.05) is 31.2 Å². The van der Waals surface area contributed by atoms with Crippen molar-refractivity contribution in [3.8, 4) is 5.75 Å². The molecule has 1 aromatic rings. The number of rotatable bonds is 8. The molecule has 1 aromatic carbocycles. The maximum Gasteiger partial charge on any atom is 0.307 e. The standard InChI is InChI=1S/C15H23NO3/c1-4-13(10-15(17)19-5-2)16-11-12-6-8-14(18-3)9-7-12/h6-9,13,16H,4-5,10-11H2,1-3H3. The molecule has 0 aliphatic carbocycles. The highest BCUT2D eigenvalue weighted by molar-refractivity contribution is 5.70. The van der Waals surface area contributed by atoms with Crippen LogP contribution in [0.2, 0.25) is 0 Å². The highest BCUT2D eigenvalue weighted by Crippen LogP contribution is 2.11. The van der Waals surface area contributed by atoms with Crippen molar-refractivity contribution in [2.75, 3.05) is 13.7 Å². The maximum atomic E-state index is 11.4. The summed E-state index contributed by atoms with van der Waals surface area (Å²) in [6.45, 7) is 5.06. The quantitative estimate of drug-likeness (QED) is 0.734. The Balaban J connectivity index is 2.41. The van der Waals surface area contributed by atoms with Gasteiger partial charge in [0.15, 0.2) is 0 Å². The Morgan fingerprint density at radius 1 is 1.26 bits per heavy atom. The Kier molecular flexibility index (Phi) is 6.97. The van der Waals surface area contributed by atoms with Crippen LogP contribution in [0, 0.1) is 0 Å². The second-order valence-corrected chi connectivity index (χ2v) is 4.34. The summed E-state index contributed by atoms with van der Waals surface area (Å²) in [5.74, 6) is 0.707. The van der Waals surface area contributed by atoms with Gasteiger partial charge in [0, 0.05) is 12.6 Å². The lowest BCUT2D eigenvalue weighted by Gasteiger charge is -2.16. The summed E-state index contributed by atoms with van der Waals surface area (Å²) >= 11 is 0. The third-order valence-electron chi connectivity index (χ3n) is 2.97. The molecule has 0 aliphatic rings. The Labute approximate surface area is 115 Å². The van der Waals surface area contributed by atoms with E-state index in [1.165, 1.54) is 5.56 Å². The number of nitrogens with one attached hydrogen (secondary N) is 1. The minimum absolute atomic E-state index is 0.142. The molecule has 0 saturated heterocycles. The van der Waals surface area contributed by atoms with Crippen LogP contribution in [0.15, 0.2) is 24.3 Å². The summed E-state index contributed by atoms with van der Waals surface area (Å²) in [4.78, 5) is 11.4. The predicted octanol–water partition coefficient (Wildman–Crippen LogP) is 2.52. The van der Waals surface area contributed by atoms with Crippen molar-refractivity contribution in [2.45, 2.75) is 39.3 Å². The molecule has 0 fully saturated rings. The van der Waals surface area contributed by atoms with Crippen LogP contribution in [0.4, 0.5) is 0 Å². The van der Waals surface area contributed by atoms with E-state index in [0.717, 1.165) is 18.7 Å². The number of esters is 1. The average Bonchev–Trinajstić information content (AvgIpc) is 2.44. The number of hydrogen-bond donors (Lipinski definition) is 1. The maximum absolute atomic E-state index is 11.4. The van der Waals surface area contributed by atoms with Crippen molar-refractivity contribution in [1.82, 2.24) is 5.32 Å². The van der Waals surface area contributed by atoms with E-state index < -0.39 is 0 Å². The molecule has 0 radical (unpaired) electrons. The minimum Gasteiger partial charge on any atom is -0.497 e. The summed E-state index contributed by atoms with van der Waals surface area (Å²) < 4.78 is 10.1. The van der Waals surface area contributed by atoms with Crippen molar-refractivity contribution in [2.24, 2.45) is 0 Å². The van der Waals surface area contributed by atoms with Crippen LogP contribution >= 0.6 is 0 Å². The van der Waals surface area contributed by atoms with Crippen LogP contribution in [0.25, 0.3) is 0 Å². The summed E-state index contributed by atoms with van der Waals surface area (Å²) in [6.07, 6.45) is 1.31. The topological polar surface area (TPSA) is 47.6 Å². The number of carbonyl (C=O) groups excluding carboxylic acids is 1. The van der Waals surface area contributed by atoms with Gasteiger partial charge < -0.3 is 14.8 Å². The summed E-state index contributed by atoms with van der Waals surface area (Å²) in [7, 11) is 1.65. The lowest BCUT2D eigenvalue weighted by molar-refractivity contribution is -0.143. The first-order valence-corrected chi connectivity index (χ1v) is 6.71. The van der Waals surface area contributed by atoms with E-state index in [4.69, 9.17) is 9.47 Å². The normalized spacial score (nSPS) is 11.9. The van der Waals surface area contributed by atoms with Gasteiger partial charge in [0.1, 0.15) is 5.75 Å². The van der Waals surface area contributed by atoms with Crippen LogP contribution in [0.3, 0.4) is 0 Å². The minimum atomic E-state index is -0.142. The van der Waals surface area contributed by atoms with Crippen molar-refractivity contribution < 1.29 is 14.3 Å². The monoisotopic (exact) mass is 265 g/mol. The van der Waals surface area contributed by atoms with E-state index in [9.17, 15) is 4.79 Å². The van der Waals surface area contributed by atoms with Gasteiger partial charge in [-0.3, -0.25) is 4.79 Å². The van der Waals surface area contributed by atoms with Crippen LogP contribution < -0.4 is 10.1 Å². The molecule has 0 bridgehead atoms. The first-order chi connectivity index (χ1) is 9.19. The number of hydrogen-bond acceptors (Lipinski definition) is 4. The fourth-order valence-electron chi connectivity index (χ4n) is 1.79. The largest absolute Gasteiger partial charge is 0.497 e. The Morgan fingerprint density at radius 2 is 1.95 bits per heavy atom. The number of methoxy groups -OCH3 is 1. The van der Waals surface area contributed by atoms with Crippen molar-refractivity contribution >= 4 is 5.97 Å². The van der Waals surface area contributed by atoms with Crippen LogP contribution in [0.5, 0.6) is 5.75 Å². The second-order valence-electron chi connectivity index (χ2n) is 4.34. The van der Waals surface area contributed by atoms with Crippen molar-refractivity contribution in [3.63, 3.8) is 0 Å². The third kappa shape index (κ3) is 5.75. The van der Waals surface area contributed by atoms with Gasteiger partial charge in [-0.15, -0.1) is 0 Å². The Hall–Kier alpha value is -1.55. The molecule has 1 N–H and O–H groups in total. The molecule has 1 atom stereocenters. The number of benzene rings is 1. The molecule has 0 saturated carbocycles. The van der Waals surface area contributed by atoms with Crippen molar-refractivity contribution in [3.05, 3.63) is 29.8 Å². The van der Waals surface area contributed by atoms with Crippen LogP contribution in [0.1, 0.15) is 32.3 Å². The van der Waals surface area contributed by atoms with E-state index in [2.05, 4.69) is 12.2 Å². The molecule has 0 aliphatic heterocycles. The predicted molar refractivity (Wildman–Crippen MR) is 75.2 cm³/mol. The zero-order chi connectivity index (χ0) is 14.1. The molecule has 106 valence electrons. The fourth-order valence-corrected chi connectivity index (χ4v) is 1.79. The summed E-state index contributed by atoms with van der Waals surface area (Å²) in [6, 6.07) is 8.06. The second kappa shape index (κ2) is 8.53. The summed E-state index contributed by atoms with van der Waals surface area (Å²) in [5, 5.41) is 3.37. The molecular formula is C15H23NO3. The molecule has 1 rings (SSSR count).